The average molecular weight is 558 g/mol. The molecule has 4 N–H and O–H groups in total. The second-order valence-electron chi connectivity index (χ2n) is 14.1. The molecule has 2 fully saturated rings. The molecule has 4 atom stereocenters. The molecule has 2 aliphatic rings. The summed E-state index contributed by atoms with van der Waals surface area (Å²) in [5.74, 6) is 3.00. The predicted octanol–water partition coefficient (Wildman–Crippen LogP) is 5.87. The van der Waals surface area contributed by atoms with Crippen molar-refractivity contribution in [1.29, 1.82) is 0 Å². The Morgan fingerprint density at radius 2 is 1.93 bits per heavy atom. The van der Waals surface area contributed by atoms with Crippen LogP contribution in [0.5, 0.6) is 0 Å². The highest BCUT2D eigenvalue weighted by atomic mass is 16.3. The number of aliphatic hydroxyl groups excluding tert-OH is 1. The van der Waals surface area contributed by atoms with E-state index in [-0.39, 0.29) is 17.4 Å². The number of aromatic amines is 1. The number of H-pyrrole nitrogens is 1. The molecule has 41 heavy (non-hydrogen) atoms. The lowest BCUT2D eigenvalue weighted by Crippen LogP contribution is -2.50. The third kappa shape index (κ3) is 5.37. The maximum Gasteiger partial charge on any atom is 0.145 e. The van der Waals surface area contributed by atoms with Gasteiger partial charge in [0.05, 0.1) is 28.6 Å². The highest BCUT2D eigenvalue weighted by Crippen LogP contribution is 2.44. The number of benzene rings is 1. The van der Waals surface area contributed by atoms with Crippen molar-refractivity contribution in [2.24, 2.45) is 17.8 Å². The molecule has 0 saturated heterocycles. The summed E-state index contributed by atoms with van der Waals surface area (Å²) >= 11 is 0. The monoisotopic (exact) mass is 557 g/mol. The maximum atomic E-state index is 11.3. The summed E-state index contributed by atoms with van der Waals surface area (Å²) < 4.78 is 2.12. The number of nitrogens with one attached hydrogen (secondary N) is 1. The van der Waals surface area contributed by atoms with Gasteiger partial charge in [-0.25, -0.2) is 15.0 Å². The van der Waals surface area contributed by atoms with Crippen molar-refractivity contribution in [1.82, 2.24) is 29.4 Å². The quantitative estimate of drug-likeness (QED) is 0.250. The lowest BCUT2D eigenvalue weighted by molar-refractivity contribution is 0.0259. The van der Waals surface area contributed by atoms with E-state index in [2.05, 4.69) is 84.2 Å². The molecule has 0 unspecified atom stereocenters. The number of nitrogens with zero attached hydrogens (tertiary/aromatic N) is 5. The first-order valence-electron chi connectivity index (χ1n) is 15.5. The molecule has 0 bridgehead atoms. The Kier molecular flexibility index (Phi) is 7.35. The number of fused-ring (bicyclic) bond motifs is 2. The summed E-state index contributed by atoms with van der Waals surface area (Å²) in [5.41, 5.74) is 10.6. The molecule has 0 spiro atoms. The zero-order valence-corrected chi connectivity index (χ0v) is 25.5. The third-order valence-corrected chi connectivity index (χ3v) is 10.1. The van der Waals surface area contributed by atoms with E-state index in [1.165, 1.54) is 31.2 Å². The Balaban J connectivity index is 1.06. The van der Waals surface area contributed by atoms with E-state index in [9.17, 15) is 5.11 Å². The SMILES string of the molecule is CC(C)N(C[C@H]1C[C@@H](n2ccc3c(N)ncnc32)[C@H](O)[C@@H]1C)C1CC(CCc2nc3ccc(C(C)(C)C)cc3[nH]2)C1. The minimum Gasteiger partial charge on any atom is -0.391 e. The molecule has 3 heterocycles. The lowest BCUT2D eigenvalue weighted by atomic mass is 9.75. The van der Waals surface area contributed by atoms with Gasteiger partial charge in [0.1, 0.15) is 23.6 Å². The number of nitrogens with two attached hydrogens (primary N) is 1. The zero-order chi connectivity index (χ0) is 29.1. The molecule has 0 amide bonds. The molecule has 6 rings (SSSR count). The van der Waals surface area contributed by atoms with Gasteiger partial charge in [-0.3, -0.25) is 4.90 Å². The van der Waals surface area contributed by atoms with Crippen LogP contribution in [-0.4, -0.2) is 59.2 Å². The molecule has 2 saturated carbocycles. The Labute approximate surface area is 243 Å². The minimum absolute atomic E-state index is 0.00763. The summed E-state index contributed by atoms with van der Waals surface area (Å²) in [6.45, 7) is 14.6. The minimum atomic E-state index is -0.404. The Hall–Kier alpha value is -2.97. The van der Waals surface area contributed by atoms with E-state index < -0.39 is 6.10 Å². The van der Waals surface area contributed by atoms with Crippen molar-refractivity contribution in [3.05, 3.63) is 48.2 Å². The van der Waals surface area contributed by atoms with E-state index in [1.54, 1.807) is 0 Å². The summed E-state index contributed by atoms with van der Waals surface area (Å²) in [6, 6.07) is 9.71. The number of imidazole rings is 1. The normalized spacial score (nSPS) is 27.0. The average Bonchev–Trinajstić information content (AvgIpc) is 3.58. The predicted molar refractivity (Wildman–Crippen MR) is 166 cm³/mol. The van der Waals surface area contributed by atoms with Crippen LogP contribution in [0.15, 0.2) is 36.8 Å². The molecule has 0 aliphatic heterocycles. The van der Waals surface area contributed by atoms with Crippen LogP contribution in [0.4, 0.5) is 5.82 Å². The first-order valence-corrected chi connectivity index (χ1v) is 15.5. The van der Waals surface area contributed by atoms with Gasteiger partial charge >= 0.3 is 0 Å². The van der Waals surface area contributed by atoms with Crippen molar-refractivity contribution in [3.8, 4) is 0 Å². The molecule has 3 aromatic heterocycles. The molecule has 8 nitrogen and oxygen atoms in total. The molecule has 2 aliphatic carbocycles. The van der Waals surface area contributed by atoms with Gasteiger partial charge in [0, 0.05) is 31.2 Å². The topological polar surface area (TPSA) is 109 Å². The van der Waals surface area contributed by atoms with Crippen molar-refractivity contribution < 1.29 is 5.11 Å². The molecular formula is C33H47N7O. The number of anilines is 1. The Bertz CT molecular complexity index is 1510. The Morgan fingerprint density at radius 3 is 2.66 bits per heavy atom. The second-order valence-corrected chi connectivity index (χ2v) is 14.1. The van der Waals surface area contributed by atoms with Crippen LogP contribution >= 0.6 is 0 Å². The number of aryl methyl sites for hydroxylation is 1. The van der Waals surface area contributed by atoms with Crippen molar-refractivity contribution in [2.75, 3.05) is 12.3 Å². The first kappa shape index (κ1) is 28.2. The van der Waals surface area contributed by atoms with Gasteiger partial charge < -0.3 is 20.4 Å². The zero-order valence-electron chi connectivity index (χ0n) is 25.5. The van der Waals surface area contributed by atoms with Crippen LogP contribution in [0.25, 0.3) is 22.1 Å². The molecule has 8 heteroatoms. The van der Waals surface area contributed by atoms with Gasteiger partial charge in [0.15, 0.2) is 0 Å². The van der Waals surface area contributed by atoms with E-state index in [0.29, 0.717) is 23.8 Å². The van der Waals surface area contributed by atoms with Crippen LogP contribution in [0.2, 0.25) is 0 Å². The number of aromatic nitrogens is 5. The summed E-state index contributed by atoms with van der Waals surface area (Å²) in [7, 11) is 0. The first-order chi connectivity index (χ1) is 19.5. The van der Waals surface area contributed by atoms with E-state index in [4.69, 9.17) is 10.7 Å². The standard InChI is InChI=1S/C33H47N7O/c1-19(2)40(17-22-15-28(30(41)20(22)3)39-12-11-25-31(34)35-18-36-32(25)39)24-13-21(14-24)7-10-29-37-26-9-8-23(33(4,5)6)16-27(26)38-29/h8-9,11-12,16,18-22,24,28,30,41H,7,10,13-15,17H2,1-6H3,(H,37,38)(H2,34,35,36)/t20-,21?,22-,24?,28-,30-/m1/s1. The number of hydrogen-bond acceptors (Lipinski definition) is 6. The maximum absolute atomic E-state index is 11.3. The summed E-state index contributed by atoms with van der Waals surface area (Å²) in [5, 5.41) is 12.2. The summed E-state index contributed by atoms with van der Waals surface area (Å²) in [6.07, 6.45) is 8.75. The van der Waals surface area contributed by atoms with Crippen molar-refractivity contribution >= 4 is 27.9 Å². The van der Waals surface area contributed by atoms with Crippen molar-refractivity contribution in [3.63, 3.8) is 0 Å². The van der Waals surface area contributed by atoms with Crippen LogP contribution in [0.3, 0.4) is 0 Å². The van der Waals surface area contributed by atoms with Crippen LogP contribution in [0, 0.1) is 17.8 Å². The molecule has 220 valence electrons. The highest BCUT2D eigenvalue weighted by Gasteiger charge is 2.44. The van der Waals surface area contributed by atoms with Gasteiger partial charge in [-0.15, -0.1) is 0 Å². The van der Waals surface area contributed by atoms with Gasteiger partial charge in [-0.05, 0) is 86.5 Å². The van der Waals surface area contributed by atoms with Gasteiger partial charge in [0.2, 0.25) is 0 Å². The summed E-state index contributed by atoms with van der Waals surface area (Å²) in [4.78, 5) is 19.8. The van der Waals surface area contributed by atoms with Crippen molar-refractivity contribution in [2.45, 2.75) is 103 Å². The van der Waals surface area contributed by atoms with Crippen LogP contribution in [-0.2, 0) is 11.8 Å². The van der Waals surface area contributed by atoms with Gasteiger partial charge in [-0.2, -0.15) is 0 Å². The van der Waals surface area contributed by atoms with E-state index >= 15 is 0 Å². The van der Waals surface area contributed by atoms with Gasteiger partial charge in [-0.1, -0.05) is 33.8 Å². The van der Waals surface area contributed by atoms with E-state index in [1.807, 2.05) is 12.3 Å². The fraction of sp³-hybridized carbons (Fsp3) is 0.606. The molecule has 1 aromatic carbocycles. The smallest absolute Gasteiger partial charge is 0.145 e. The highest BCUT2D eigenvalue weighted by molar-refractivity contribution is 5.86. The fourth-order valence-electron chi connectivity index (χ4n) is 7.32. The lowest BCUT2D eigenvalue weighted by Gasteiger charge is -2.46. The third-order valence-electron chi connectivity index (χ3n) is 10.1. The molecule has 0 radical (unpaired) electrons. The molecular weight excluding hydrogens is 510 g/mol. The van der Waals surface area contributed by atoms with Crippen LogP contribution in [0.1, 0.15) is 84.7 Å². The molecule has 4 aromatic rings. The second kappa shape index (κ2) is 10.7. The number of rotatable bonds is 8. The largest absolute Gasteiger partial charge is 0.391 e. The number of aliphatic hydroxyl groups is 1. The Morgan fingerprint density at radius 1 is 1.15 bits per heavy atom. The number of hydrogen-bond donors (Lipinski definition) is 3. The van der Waals surface area contributed by atoms with Crippen LogP contribution < -0.4 is 5.73 Å². The fourth-order valence-corrected chi connectivity index (χ4v) is 7.32. The number of nitrogen functional groups attached to an aromatic ring is 1. The van der Waals surface area contributed by atoms with Gasteiger partial charge in [0.25, 0.3) is 0 Å². The van der Waals surface area contributed by atoms with E-state index in [0.717, 1.165) is 53.2 Å².